The molecule has 0 bridgehead atoms. The quantitative estimate of drug-likeness (QED) is 0.174. The van der Waals surface area contributed by atoms with Crippen LogP contribution in [0.25, 0.3) is 0 Å². The summed E-state index contributed by atoms with van der Waals surface area (Å²) in [4.78, 5) is 17.4. The van der Waals surface area contributed by atoms with Gasteiger partial charge in [-0.1, -0.05) is 46.9 Å². The summed E-state index contributed by atoms with van der Waals surface area (Å²) < 4.78 is 33.7. The first-order valence-electron chi connectivity index (χ1n) is 11.4. The predicted octanol–water partition coefficient (Wildman–Crippen LogP) is 7.29. The number of benzene rings is 3. The molecule has 0 aliphatic carbocycles. The van der Waals surface area contributed by atoms with E-state index in [2.05, 4.69) is 15.0 Å². The van der Waals surface area contributed by atoms with Gasteiger partial charge in [0.15, 0.2) is 5.13 Å². The van der Waals surface area contributed by atoms with E-state index in [1.54, 1.807) is 36.5 Å². The summed E-state index contributed by atoms with van der Waals surface area (Å²) in [5.74, 6) is 0.276. The van der Waals surface area contributed by atoms with Gasteiger partial charge in [-0.2, -0.15) is 0 Å². The van der Waals surface area contributed by atoms with Gasteiger partial charge in [-0.15, -0.1) is 11.3 Å². The van der Waals surface area contributed by atoms with Crippen LogP contribution in [-0.2, 0) is 21.2 Å². The zero-order valence-corrected chi connectivity index (χ0v) is 23.7. The molecule has 7 nitrogen and oxygen atoms in total. The zero-order valence-electron chi connectivity index (χ0n) is 19.8. The number of carbonyl (C=O) groups excluding carboxylic acids is 1. The average Bonchev–Trinajstić information content (AvgIpc) is 3.30. The standard InChI is InChI=1S/C26H22Cl3N3O4S2/c27-18-5-3-17(4-6-18)14-21-16-30-26(37-21)32-38(34,35)22-10-8-20(9-11-22)31-25(33)2-1-13-36-24-12-7-19(28)15-23(24)29/h3-12,15-16H,1-2,13-14H2,(H,30,32)(H,31,33). The highest BCUT2D eigenvalue weighted by molar-refractivity contribution is 7.93. The van der Waals surface area contributed by atoms with Crippen molar-refractivity contribution in [3.8, 4) is 5.75 Å². The van der Waals surface area contributed by atoms with Crippen LogP contribution in [-0.4, -0.2) is 25.9 Å². The van der Waals surface area contributed by atoms with Gasteiger partial charge >= 0.3 is 0 Å². The van der Waals surface area contributed by atoms with Crippen molar-refractivity contribution in [1.82, 2.24) is 4.98 Å². The zero-order chi connectivity index (χ0) is 27.1. The van der Waals surface area contributed by atoms with Gasteiger partial charge in [-0.25, -0.2) is 13.4 Å². The van der Waals surface area contributed by atoms with Crippen molar-refractivity contribution in [2.75, 3.05) is 16.6 Å². The lowest BCUT2D eigenvalue weighted by Gasteiger charge is -2.09. The number of nitrogens with one attached hydrogen (secondary N) is 2. The van der Waals surface area contributed by atoms with E-state index in [0.29, 0.717) is 46.0 Å². The van der Waals surface area contributed by atoms with Crippen LogP contribution in [0.1, 0.15) is 23.3 Å². The normalized spacial score (nSPS) is 11.2. The maximum Gasteiger partial charge on any atom is 0.263 e. The summed E-state index contributed by atoms with van der Waals surface area (Å²) in [6.45, 7) is 0.301. The van der Waals surface area contributed by atoms with Crippen molar-refractivity contribution in [3.05, 3.63) is 98.4 Å². The minimum absolute atomic E-state index is 0.0539. The number of ether oxygens (including phenoxy) is 1. The van der Waals surface area contributed by atoms with Gasteiger partial charge in [-0.05, 0) is 66.6 Å². The Morgan fingerprint density at radius 2 is 1.66 bits per heavy atom. The number of carbonyl (C=O) groups is 1. The van der Waals surface area contributed by atoms with E-state index in [4.69, 9.17) is 39.5 Å². The van der Waals surface area contributed by atoms with Crippen molar-refractivity contribution < 1.29 is 17.9 Å². The molecule has 0 fully saturated rings. The summed E-state index contributed by atoms with van der Waals surface area (Å²) in [6.07, 6.45) is 2.95. The lowest BCUT2D eigenvalue weighted by molar-refractivity contribution is -0.116. The fourth-order valence-electron chi connectivity index (χ4n) is 3.36. The fraction of sp³-hybridized carbons (Fsp3) is 0.154. The molecular formula is C26H22Cl3N3O4S2. The molecule has 4 rings (SSSR count). The smallest absolute Gasteiger partial charge is 0.263 e. The molecule has 1 amide bonds. The van der Waals surface area contributed by atoms with Crippen LogP contribution < -0.4 is 14.8 Å². The molecule has 3 aromatic carbocycles. The Labute approximate surface area is 239 Å². The Bertz CT molecular complexity index is 1510. The summed E-state index contributed by atoms with van der Waals surface area (Å²) in [7, 11) is -3.84. The van der Waals surface area contributed by atoms with Crippen LogP contribution in [0.2, 0.25) is 15.1 Å². The molecule has 38 heavy (non-hydrogen) atoms. The van der Waals surface area contributed by atoms with E-state index in [0.717, 1.165) is 10.4 Å². The molecule has 0 saturated heterocycles. The van der Waals surface area contributed by atoms with Crippen molar-refractivity contribution in [2.45, 2.75) is 24.2 Å². The highest BCUT2D eigenvalue weighted by Gasteiger charge is 2.17. The van der Waals surface area contributed by atoms with Crippen LogP contribution in [0, 0.1) is 0 Å². The maximum absolute atomic E-state index is 12.8. The lowest BCUT2D eigenvalue weighted by atomic mass is 10.1. The number of amides is 1. The van der Waals surface area contributed by atoms with E-state index in [-0.39, 0.29) is 22.4 Å². The molecule has 1 aromatic heterocycles. The molecule has 4 aromatic rings. The van der Waals surface area contributed by atoms with Crippen LogP contribution in [0.5, 0.6) is 5.75 Å². The fourth-order valence-corrected chi connectivity index (χ4v) is 6.04. The number of nitrogens with zero attached hydrogens (tertiary/aromatic N) is 1. The van der Waals surface area contributed by atoms with Crippen LogP contribution in [0.4, 0.5) is 10.8 Å². The van der Waals surface area contributed by atoms with Crippen molar-refractivity contribution in [3.63, 3.8) is 0 Å². The summed E-state index contributed by atoms with van der Waals surface area (Å²) >= 11 is 19.1. The van der Waals surface area contributed by atoms with Crippen molar-refractivity contribution >= 4 is 72.9 Å². The second kappa shape index (κ2) is 12.8. The highest BCUT2D eigenvalue weighted by Crippen LogP contribution is 2.28. The van der Waals surface area contributed by atoms with Crippen molar-refractivity contribution in [2.24, 2.45) is 0 Å². The Morgan fingerprint density at radius 1 is 0.947 bits per heavy atom. The maximum atomic E-state index is 12.8. The third kappa shape index (κ3) is 8.09. The summed E-state index contributed by atoms with van der Waals surface area (Å²) in [5, 5.41) is 4.59. The second-order valence-electron chi connectivity index (χ2n) is 8.14. The number of halogens is 3. The first kappa shape index (κ1) is 28.2. The minimum Gasteiger partial charge on any atom is -0.492 e. The van der Waals surface area contributed by atoms with Gasteiger partial charge in [0, 0.05) is 39.6 Å². The molecule has 0 radical (unpaired) electrons. The molecule has 0 spiro atoms. The number of aromatic nitrogens is 1. The van der Waals surface area contributed by atoms with Gasteiger partial charge in [0.25, 0.3) is 10.0 Å². The van der Waals surface area contributed by atoms with E-state index < -0.39 is 10.0 Å². The molecule has 0 aliphatic heterocycles. The number of hydrogen-bond donors (Lipinski definition) is 2. The van der Waals surface area contributed by atoms with Gasteiger partial charge in [-0.3, -0.25) is 9.52 Å². The third-order valence-corrected chi connectivity index (χ3v) is 8.39. The Hall–Kier alpha value is -2.82. The van der Waals surface area contributed by atoms with E-state index in [1.807, 2.05) is 12.1 Å². The molecule has 0 saturated carbocycles. The molecule has 0 aliphatic rings. The number of rotatable bonds is 11. The monoisotopic (exact) mass is 609 g/mol. The van der Waals surface area contributed by atoms with Crippen molar-refractivity contribution in [1.29, 1.82) is 0 Å². The van der Waals surface area contributed by atoms with Crippen LogP contribution in [0.15, 0.2) is 77.8 Å². The number of hydrogen-bond acceptors (Lipinski definition) is 6. The topological polar surface area (TPSA) is 97.4 Å². The van der Waals surface area contributed by atoms with E-state index in [9.17, 15) is 13.2 Å². The number of thiazole rings is 1. The Morgan fingerprint density at radius 3 is 2.37 bits per heavy atom. The van der Waals surface area contributed by atoms with Crippen LogP contribution >= 0.6 is 46.1 Å². The van der Waals surface area contributed by atoms with E-state index in [1.165, 1.54) is 35.6 Å². The molecule has 12 heteroatoms. The average molecular weight is 611 g/mol. The SMILES string of the molecule is O=C(CCCOc1ccc(Cl)cc1Cl)Nc1ccc(S(=O)(=O)Nc2ncc(Cc3ccc(Cl)cc3)s2)cc1. The van der Waals surface area contributed by atoms with Gasteiger partial charge in [0.05, 0.1) is 16.5 Å². The van der Waals surface area contributed by atoms with E-state index >= 15 is 0 Å². The summed E-state index contributed by atoms with van der Waals surface area (Å²) in [5.41, 5.74) is 1.53. The summed E-state index contributed by atoms with van der Waals surface area (Å²) in [6, 6.07) is 18.3. The first-order valence-corrected chi connectivity index (χ1v) is 14.8. The predicted molar refractivity (Wildman–Crippen MR) is 153 cm³/mol. The molecule has 2 N–H and O–H groups in total. The lowest BCUT2D eigenvalue weighted by Crippen LogP contribution is -2.14. The molecular weight excluding hydrogens is 589 g/mol. The number of anilines is 2. The molecule has 1 heterocycles. The van der Waals surface area contributed by atoms with Crippen LogP contribution in [0.3, 0.4) is 0 Å². The largest absolute Gasteiger partial charge is 0.492 e. The first-order chi connectivity index (χ1) is 18.2. The molecule has 0 atom stereocenters. The van der Waals surface area contributed by atoms with Gasteiger partial charge < -0.3 is 10.1 Å². The van der Waals surface area contributed by atoms with Gasteiger partial charge in [0.1, 0.15) is 5.75 Å². The Balaban J connectivity index is 1.25. The molecule has 198 valence electrons. The number of sulfonamides is 1. The Kier molecular flexibility index (Phi) is 9.51. The minimum atomic E-state index is -3.84. The highest BCUT2D eigenvalue weighted by atomic mass is 35.5. The third-order valence-electron chi connectivity index (χ3n) is 5.21. The van der Waals surface area contributed by atoms with Gasteiger partial charge in [0.2, 0.25) is 5.91 Å². The molecule has 0 unspecified atom stereocenters. The second-order valence-corrected chi connectivity index (χ2v) is 12.2.